The molecule has 3 heteroatoms. The van der Waals surface area contributed by atoms with Crippen LogP contribution in [0.3, 0.4) is 0 Å². The minimum absolute atomic E-state index is 0. The first-order valence-electron chi connectivity index (χ1n) is 5.82. The van der Waals surface area contributed by atoms with E-state index in [1.807, 2.05) is 6.07 Å². The normalized spacial score (nSPS) is 15.6. The molecule has 1 aromatic rings. The van der Waals surface area contributed by atoms with Crippen molar-refractivity contribution in [3.8, 4) is 0 Å². The van der Waals surface area contributed by atoms with Crippen LogP contribution in [0.1, 0.15) is 24.0 Å². The molecule has 0 saturated heterocycles. The summed E-state index contributed by atoms with van der Waals surface area (Å²) in [5.41, 5.74) is 5.26. The average molecular weight is 364 g/mol. The van der Waals surface area contributed by atoms with Gasteiger partial charge < -0.3 is 12.4 Å². The Balaban J connectivity index is 0.000000902. The maximum atomic E-state index is 4.56. The van der Waals surface area contributed by atoms with Crippen molar-refractivity contribution in [1.82, 2.24) is 0 Å². The fourth-order valence-electron chi connectivity index (χ4n) is 2.36. The number of hydrogen-bond acceptors (Lipinski definition) is 1. The number of rotatable bonds is 2. The standard InChI is InChI=1S/C16H13S.ClH.Zr/c17-15-11-5-10-14(12-6-1-2-7-12)16(15)13-8-3-4-9-13;;/h1-6,8,10,17H,7,9H2;1H;/q-1;;+2/p-1. The van der Waals surface area contributed by atoms with Crippen LogP contribution in [0.5, 0.6) is 0 Å². The van der Waals surface area contributed by atoms with Crippen molar-refractivity contribution in [2.24, 2.45) is 0 Å². The van der Waals surface area contributed by atoms with E-state index in [0.717, 1.165) is 17.7 Å². The van der Waals surface area contributed by atoms with Crippen molar-refractivity contribution in [3.05, 3.63) is 65.8 Å². The van der Waals surface area contributed by atoms with Gasteiger partial charge in [0.05, 0.1) is 0 Å². The number of hydrogen-bond donors (Lipinski definition) is 1. The molecule has 19 heavy (non-hydrogen) atoms. The summed E-state index contributed by atoms with van der Waals surface area (Å²) in [6, 6.07) is 7.30. The van der Waals surface area contributed by atoms with Crippen LogP contribution in [-0.4, -0.2) is 0 Å². The van der Waals surface area contributed by atoms with Gasteiger partial charge in [-0.25, -0.2) is 0 Å². The van der Waals surface area contributed by atoms with Crippen molar-refractivity contribution in [2.75, 3.05) is 0 Å². The van der Waals surface area contributed by atoms with E-state index in [1.165, 1.54) is 22.3 Å². The average Bonchev–Trinajstić information content (AvgIpc) is 3.02. The molecule has 0 spiro atoms. The first-order valence-corrected chi connectivity index (χ1v) is 6.27. The van der Waals surface area contributed by atoms with Gasteiger partial charge in [0, 0.05) is 0 Å². The van der Waals surface area contributed by atoms with Gasteiger partial charge in [0.1, 0.15) is 0 Å². The molecule has 0 atom stereocenters. The zero-order valence-corrected chi connectivity index (χ0v) is 14.5. The molecule has 2 aliphatic rings. The maximum Gasteiger partial charge on any atom is 2.00 e. The van der Waals surface area contributed by atoms with E-state index in [0.29, 0.717) is 0 Å². The van der Waals surface area contributed by atoms with Gasteiger partial charge in [-0.2, -0.15) is 30.8 Å². The third-order valence-electron chi connectivity index (χ3n) is 3.19. The number of thiol groups is 1. The minimum atomic E-state index is 0. The van der Waals surface area contributed by atoms with E-state index < -0.39 is 0 Å². The Hall–Kier alpha value is -0.297. The molecule has 0 amide bonds. The van der Waals surface area contributed by atoms with E-state index in [-0.39, 0.29) is 38.6 Å². The van der Waals surface area contributed by atoms with Gasteiger partial charge in [-0.3, -0.25) is 0 Å². The predicted octanol–water partition coefficient (Wildman–Crippen LogP) is 1.46. The predicted molar refractivity (Wildman–Crippen MR) is 76.0 cm³/mol. The summed E-state index contributed by atoms with van der Waals surface area (Å²) in [5.74, 6) is 0. The Morgan fingerprint density at radius 3 is 2.21 bits per heavy atom. The smallest absolute Gasteiger partial charge is 1.00 e. The number of allylic oxidation sites excluding steroid dienone is 8. The molecular weight excluding hydrogens is 351 g/mol. The van der Waals surface area contributed by atoms with Gasteiger partial charge in [-0.05, 0) is 12.8 Å². The van der Waals surface area contributed by atoms with Crippen LogP contribution in [0.15, 0.2) is 53.5 Å². The van der Waals surface area contributed by atoms with E-state index in [1.54, 1.807) is 0 Å². The minimum Gasteiger partial charge on any atom is -1.00 e. The van der Waals surface area contributed by atoms with Crippen LogP contribution in [0.4, 0.5) is 0 Å². The Labute approximate surface area is 145 Å². The Morgan fingerprint density at radius 2 is 1.63 bits per heavy atom. The molecule has 0 heterocycles. The molecule has 0 radical (unpaired) electrons. The van der Waals surface area contributed by atoms with Crippen LogP contribution in [-0.2, 0) is 26.2 Å². The van der Waals surface area contributed by atoms with Gasteiger partial charge in [-0.15, -0.1) is 16.0 Å². The topological polar surface area (TPSA) is 0 Å². The molecule has 0 aliphatic heterocycles. The summed E-state index contributed by atoms with van der Waals surface area (Å²) in [5, 5.41) is 0. The molecule has 94 valence electrons. The molecule has 0 N–H and O–H groups in total. The molecule has 0 bridgehead atoms. The molecule has 0 fully saturated rings. The molecule has 0 nitrogen and oxygen atoms in total. The van der Waals surface area contributed by atoms with Gasteiger partial charge in [0.2, 0.25) is 0 Å². The first-order chi connectivity index (χ1) is 8.36. The second-order valence-electron chi connectivity index (χ2n) is 4.26. The molecular formula is C16H13ClSZr. The van der Waals surface area contributed by atoms with E-state index in [2.05, 4.69) is 61.2 Å². The van der Waals surface area contributed by atoms with E-state index in [4.69, 9.17) is 0 Å². The summed E-state index contributed by atoms with van der Waals surface area (Å²) in [7, 11) is 0. The van der Waals surface area contributed by atoms with Gasteiger partial charge in [0.15, 0.2) is 0 Å². The Kier molecular flexibility index (Phi) is 6.59. The number of benzene rings is 1. The first kappa shape index (κ1) is 16.8. The zero-order chi connectivity index (χ0) is 11.7. The fraction of sp³-hybridized carbons (Fsp3) is 0.125. The molecule has 3 rings (SSSR count). The van der Waals surface area contributed by atoms with E-state index in [9.17, 15) is 0 Å². The van der Waals surface area contributed by atoms with Gasteiger partial charge >= 0.3 is 26.2 Å². The van der Waals surface area contributed by atoms with Crippen molar-refractivity contribution in [2.45, 2.75) is 17.7 Å². The summed E-state index contributed by atoms with van der Waals surface area (Å²) < 4.78 is 0. The molecule has 2 aliphatic carbocycles. The Bertz CT molecular complexity index is 582. The molecule has 1 aromatic carbocycles. The van der Waals surface area contributed by atoms with Crippen molar-refractivity contribution in [1.29, 1.82) is 0 Å². The van der Waals surface area contributed by atoms with Crippen LogP contribution in [0.25, 0.3) is 11.1 Å². The van der Waals surface area contributed by atoms with Gasteiger partial charge in [0.25, 0.3) is 0 Å². The summed E-state index contributed by atoms with van der Waals surface area (Å²) in [6.07, 6.45) is 15.0. The number of halogens is 1. The van der Waals surface area contributed by atoms with E-state index >= 15 is 0 Å². The van der Waals surface area contributed by atoms with Crippen LogP contribution in [0, 0.1) is 6.07 Å². The monoisotopic (exact) mass is 362 g/mol. The van der Waals surface area contributed by atoms with Crippen molar-refractivity contribution >= 4 is 23.8 Å². The fourth-order valence-corrected chi connectivity index (χ4v) is 2.70. The van der Waals surface area contributed by atoms with Crippen LogP contribution < -0.4 is 12.4 Å². The summed E-state index contributed by atoms with van der Waals surface area (Å²) in [4.78, 5) is 0.949. The van der Waals surface area contributed by atoms with Gasteiger partial charge in [-0.1, -0.05) is 47.6 Å². The molecule has 0 unspecified atom stereocenters. The zero-order valence-electron chi connectivity index (χ0n) is 10.4. The Morgan fingerprint density at radius 1 is 1.00 bits per heavy atom. The van der Waals surface area contributed by atoms with Crippen molar-refractivity contribution in [3.63, 3.8) is 0 Å². The largest absolute Gasteiger partial charge is 2.00 e. The second-order valence-corrected chi connectivity index (χ2v) is 4.71. The van der Waals surface area contributed by atoms with Crippen LogP contribution in [0.2, 0.25) is 0 Å². The molecule has 0 saturated carbocycles. The third kappa shape index (κ3) is 3.42. The molecule has 0 aromatic heterocycles. The third-order valence-corrected chi connectivity index (χ3v) is 3.54. The maximum absolute atomic E-state index is 4.56. The summed E-state index contributed by atoms with van der Waals surface area (Å²) >= 11 is 4.56. The van der Waals surface area contributed by atoms with Crippen LogP contribution >= 0.6 is 12.6 Å². The summed E-state index contributed by atoms with van der Waals surface area (Å²) in [6.45, 7) is 0. The second kappa shape index (κ2) is 7.48. The quantitative estimate of drug-likeness (QED) is 0.597. The SMILES string of the molecule is Sc1[c-]ccc(C2=CC=CC2)c1C1=CC=CC1.[Cl-].[Zr+2]. The van der Waals surface area contributed by atoms with Crippen molar-refractivity contribution < 1.29 is 38.6 Å².